The number of ether oxygens (including phenoxy) is 1. The molecule has 1 saturated heterocycles. The first kappa shape index (κ1) is 15.2. The van der Waals surface area contributed by atoms with Gasteiger partial charge in [-0.15, -0.1) is 0 Å². The molecule has 0 radical (unpaired) electrons. The summed E-state index contributed by atoms with van der Waals surface area (Å²) >= 11 is 0. The molecule has 1 saturated carbocycles. The lowest BCUT2D eigenvalue weighted by Crippen LogP contribution is -2.38. The van der Waals surface area contributed by atoms with Crippen molar-refractivity contribution in [3.63, 3.8) is 0 Å². The van der Waals surface area contributed by atoms with Gasteiger partial charge in [-0.2, -0.15) is 0 Å². The second-order valence-corrected chi connectivity index (χ2v) is 7.61. The summed E-state index contributed by atoms with van der Waals surface area (Å²) in [5.74, 6) is 1.29. The Morgan fingerprint density at radius 2 is 2.05 bits per heavy atom. The number of hydrogen-bond acceptors (Lipinski definition) is 4. The lowest BCUT2D eigenvalue weighted by atomic mass is 10.0. The zero-order valence-electron chi connectivity index (χ0n) is 11.6. The third kappa shape index (κ3) is 6.70. The van der Waals surface area contributed by atoms with E-state index in [0.29, 0.717) is 13.2 Å². The average molecular weight is 290 g/mol. The molecular weight excluding hydrogens is 264 g/mol. The number of hydrogen-bond donors (Lipinski definition) is 2. The van der Waals surface area contributed by atoms with Crippen molar-refractivity contribution >= 4 is 10.0 Å². The van der Waals surface area contributed by atoms with Gasteiger partial charge in [-0.3, -0.25) is 0 Å². The van der Waals surface area contributed by atoms with Crippen molar-refractivity contribution in [2.75, 3.05) is 38.6 Å². The van der Waals surface area contributed by atoms with Crippen LogP contribution in [0.1, 0.15) is 32.1 Å². The monoisotopic (exact) mass is 290 g/mol. The van der Waals surface area contributed by atoms with Crippen LogP contribution in [-0.2, 0) is 14.8 Å². The number of nitrogens with one attached hydrogen (secondary N) is 2. The Bertz CT molecular complexity index is 349. The van der Waals surface area contributed by atoms with Crippen LogP contribution >= 0.6 is 0 Å². The Kier molecular flexibility index (Phi) is 6.06. The molecule has 0 aromatic heterocycles. The van der Waals surface area contributed by atoms with Gasteiger partial charge in [-0.1, -0.05) is 0 Å². The van der Waals surface area contributed by atoms with Crippen LogP contribution in [0.4, 0.5) is 0 Å². The van der Waals surface area contributed by atoms with Gasteiger partial charge in [0, 0.05) is 19.8 Å². The van der Waals surface area contributed by atoms with E-state index in [2.05, 4.69) is 10.0 Å². The van der Waals surface area contributed by atoms with E-state index in [0.717, 1.165) is 44.9 Å². The van der Waals surface area contributed by atoms with Crippen LogP contribution in [-0.4, -0.2) is 47.0 Å². The van der Waals surface area contributed by atoms with Gasteiger partial charge in [0.05, 0.1) is 5.75 Å². The Labute approximate surface area is 116 Å². The molecule has 0 spiro atoms. The maximum absolute atomic E-state index is 11.9. The highest BCUT2D eigenvalue weighted by molar-refractivity contribution is 7.89. The summed E-state index contributed by atoms with van der Waals surface area (Å²) in [6.45, 7) is 3.84. The van der Waals surface area contributed by atoms with Gasteiger partial charge in [-0.05, 0) is 57.0 Å². The Hall–Kier alpha value is -0.170. The van der Waals surface area contributed by atoms with E-state index in [4.69, 9.17) is 4.74 Å². The molecule has 2 rings (SSSR count). The first-order valence-electron chi connectivity index (χ1n) is 7.41. The summed E-state index contributed by atoms with van der Waals surface area (Å²) in [6.07, 6.45) is 5.44. The molecule has 2 aliphatic rings. The minimum absolute atomic E-state index is 0.253. The third-order valence-electron chi connectivity index (χ3n) is 3.69. The maximum Gasteiger partial charge on any atom is 0.211 e. The highest BCUT2D eigenvalue weighted by atomic mass is 32.2. The molecule has 0 bridgehead atoms. The molecule has 2 fully saturated rings. The number of rotatable bonds is 9. The van der Waals surface area contributed by atoms with Crippen molar-refractivity contribution in [3.05, 3.63) is 0 Å². The molecule has 5 nitrogen and oxygen atoms in total. The van der Waals surface area contributed by atoms with E-state index in [1.807, 2.05) is 0 Å². The molecule has 1 heterocycles. The minimum Gasteiger partial charge on any atom is -0.381 e. The largest absolute Gasteiger partial charge is 0.381 e. The molecular formula is C13H26N2O3S. The molecule has 1 atom stereocenters. The highest BCUT2D eigenvalue weighted by Crippen LogP contribution is 2.28. The van der Waals surface area contributed by atoms with Gasteiger partial charge < -0.3 is 10.1 Å². The maximum atomic E-state index is 11.9. The molecule has 2 N–H and O–H groups in total. The minimum atomic E-state index is -3.12. The molecule has 1 aliphatic carbocycles. The quantitative estimate of drug-likeness (QED) is 0.614. The molecule has 19 heavy (non-hydrogen) atoms. The third-order valence-corrected chi connectivity index (χ3v) is 5.25. The van der Waals surface area contributed by atoms with Crippen molar-refractivity contribution in [2.24, 2.45) is 11.8 Å². The summed E-state index contributed by atoms with van der Waals surface area (Å²) in [5, 5.41) is 3.25. The van der Waals surface area contributed by atoms with Gasteiger partial charge in [0.15, 0.2) is 0 Å². The smallest absolute Gasteiger partial charge is 0.211 e. The highest BCUT2D eigenvalue weighted by Gasteiger charge is 2.21. The number of sulfonamides is 1. The fraction of sp³-hybridized carbons (Fsp3) is 1.00. The predicted molar refractivity (Wildman–Crippen MR) is 75.5 cm³/mol. The van der Waals surface area contributed by atoms with Crippen LogP contribution in [0.2, 0.25) is 0 Å². The van der Waals surface area contributed by atoms with Crippen molar-refractivity contribution in [1.29, 1.82) is 0 Å². The molecule has 1 unspecified atom stereocenters. The first-order chi connectivity index (χ1) is 9.16. The van der Waals surface area contributed by atoms with Gasteiger partial charge in [0.1, 0.15) is 0 Å². The van der Waals surface area contributed by atoms with Crippen LogP contribution in [0, 0.1) is 11.8 Å². The zero-order valence-corrected chi connectivity index (χ0v) is 12.4. The molecule has 0 aromatic rings. The molecule has 0 aromatic carbocycles. The second-order valence-electron chi connectivity index (χ2n) is 5.76. The van der Waals surface area contributed by atoms with Crippen LogP contribution < -0.4 is 10.0 Å². The van der Waals surface area contributed by atoms with E-state index >= 15 is 0 Å². The topological polar surface area (TPSA) is 67.4 Å². The van der Waals surface area contributed by atoms with E-state index in [9.17, 15) is 8.42 Å². The summed E-state index contributed by atoms with van der Waals surface area (Å²) in [4.78, 5) is 0. The van der Waals surface area contributed by atoms with Crippen molar-refractivity contribution in [1.82, 2.24) is 10.0 Å². The summed E-state index contributed by atoms with van der Waals surface area (Å²) < 4.78 is 31.9. The van der Waals surface area contributed by atoms with E-state index in [1.165, 1.54) is 12.8 Å². The van der Waals surface area contributed by atoms with Gasteiger partial charge in [0.25, 0.3) is 0 Å². The average Bonchev–Trinajstić information content (AvgIpc) is 3.18. The zero-order chi connectivity index (χ0) is 13.6. The summed E-state index contributed by atoms with van der Waals surface area (Å²) in [7, 11) is -3.12. The van der Waals surface area contributed by atoms with E-state index < -0.39 is 10.0 Å². The van der Waals surface area contributed by atoms with Crippen LogP contribution in [0.5, 0.6) is 0 Å². The van der Waals surface area contributed by atoms with Crippen molar-refractivity contribution in [3.8, 4) is 0 Å². The van der Waals surface area contributed by atoms with E-state index in [-0.39, 0.29) is 11.7 Å². The van der Waals surface area contributed by atoms with Gasteiger partial charge >= 0.3 is 0 Å². The van der Waals surface area contributed by atoms with Crippen LogP contribution in [0.25, 0.3) is 0 Å². The van der Waals surface area contributed by atoms with Crippen LogP contribution in [0.3, 0.4) is 0 Å². The van der Waals surface area contributed by atoms with E-state index in [1.54, 1.807) is 0 Å². The Balaban J connectivity index is 1.52. The first-order valence-corrected chi connectivity index (χ1v) is 9.07. The van der Waals surface area contributed by atoms with Gasteiger partial charge in [0.2, 0.25) is 10.0 Å². The van der Waals surface area contributed by atoms with Crippen LogP contribution in [0.15, 0.2) is 0 Å². The van der Waals surface area contributed by atoms with Crippen molar-refractivity contribution in [2.45, 2.75) is 32.1 Å². The molecule has 6 heteroatoms. The lowest BCUT2D eigenvalue weighted by Gasteiger charge is -2.22. The van der Waals surface area contributed by atoms with Gasteiger partial charge in [-0.25, -0.2) is 13.1 Å². The second kappa shape index (κ2) is 7.57. The SMILES string of the molecule is O=S(=O)(CC1CCCNC1)NCCCOCC1CC1. The molecule has 0 amide bonds. The lowest BCUT2D eigenvalue weighted by molar-refractivity contribution is 0.123. The fourth-order valence-electron chi connectivity index (χ4n) is 2.37. The summed E-state index contributed by atoms with van der Waals surface area (Å²) in [6, 6.07) is 0. The normalized spacial score (nSPS) is 24.5. The Morgan fingerprint density at radius 1 is 1.21 bits per heavy atom. The number of piperidine rings is 1. The standard InChI is InChI=1S/C13H26N2O3S/c16-19(17,11-13-3-1-6-14-9-13)15-7-2-8-18-10-12-4-5-12/h12-15H,1-11H2. The Morgan fingerprint density at radius 3 is 2.74 bits per heavy atom. The van der Waals surface area contributed by atoms with Crippen molar-refractivity contribution < 1.29 is 13.2 Å². The summed E-state index contributed by atoms with van der Waals surface area (Å²) in [5.41, 5.74) is 0. The predicted octanol–water partition coefficient (Wildman–Crippen LogP) is 0.722. The molecule has 1 aliphatic heterocycles. The molecule has 112 valence electrons. The fourth-order valence-corrected chi connectivity index (χ4v) is 3.85.